The SMILES string of the molecule is O=C(c1cnc(C2CC2)[nH]c1=O)N1CCC[C@H](Cc2nc3ccccc3[nH]2)C1. The van der Waals surface area contributed by atoms with Crippen molar-refractivity contribution in [3.8, 4) is 0 Å². The molecule has 0 unspecified atom stereocenters. The monoisotopic (exact) mass is 377 g/mol. The van der Waals surface area contributed by atoms with E-state index in [0.29, 0.717) is 30.7 Å². The Balaban J connectivity index is 1.29. The van der Waals surface area contributed by atoms with E-state index in [4.69, 9.17) is 0 Å². The number of para-hydroxylation sites is 2. The normalized spacial score (nSPS) is 19.9. The fourth-order valence-corrected chi connectivity index (χ4v) is 4.09. The van der Waals surface area contributed by atoms with Crippen LogP contribution in [-0.2, 0) is 6.42 Å². The van der Waals surface area contributed by atoms with Gasteiger partial charge in [-0.15, -0.1) is 0 Å². The minimum absolute atomic E-state index is 0.147. The van der Waals surface area contributed by atoms with E-state index < -0.39 is 0 Å². The van der Waals surface area contributed by atoms with Crippen LogP contribution in [0, 0.1) is 5.92 Å². The van der Waals surface area contributed by atoms with Crippen LogP contribution in [0.4, 0.5) is 0 Å². The van der Waals surface area contributed by atoms with Crippen LogP contribution < -0.4 is 5.56 Å². The highest BCUT2D eigenvalue weighted by molar-refractivity contribution is 5.93. The third-order valence-corrected chi connectivity index (χ3v) is 5.74. The number of hydrogen-bond donors (Lipinski definition) is 2. The van der Waals surface area contributed by atoms with E-state index in [0.717, 1.165) is 49.0 Å². The molecular weight excluding hydrogens is 354 g/mol. The van der Waals surface area contributed by atoms with Crippen molar-refractivity contribution >= 4 is 16.9 Å². The number of amides is 1. The maximum atomic E-state index is 12.9. The second-order valence-corrected chi connectivity index (χ2v) is 7.95. The number of imidazole rings is 1. The van der Waals surface area contributed by atoms with E-state index in [9.17, 15) is 9.59 Å². The van der Waals surface area contributed by atoms with Crippen LogP contribution in [0.25, 0.3) is 11.0 Å². The van der Waals surface area contributed by atoms with Gasteiger partial charge >= 0.3 is 0 Å². The number of likely N-dealkylation sites (tertiary alicyclic amines) is 1. The number of benzene rings is 1. The number of nitrogens with zero attached hydrogens (tertiary/aromatic N) is 3. The van der Waals surface area contributed by atoms with Crippen LogP contribution >= 0.6 is 0 Å². The van der Waals surface area contributed by atoms with Gasteiger partial charge in [0.25, 0.3) is 11.5 Å². The first-order chi connectivity index (χ1) is 13.7. The maximum Gasteiger partial charge on any atom is 0.263 e. The van der Waals surface area contributed by atoms with Gasteiger partial charge in [0.1, 0.15) is 17.2 Å². The Morgan fingerprint density at radius 1 is 1.18 bits per heavy atom. The summed E-state index contributed by atoms with van der Waals surface area (Å²) >= 11 is 0. The van der Waals surface area contributed by atoms with Gasteiger partial charge in [-0.05, 0) is 43.7 Å². The summed E-state index contributed by atoms with van der Waals surface area (Å²) in [4.78, 5) is 42.2. The molecule has 1 aromatic carbocycles. The number of hydrogen-bond acceptors (Lipinski definition) is 4. The predicted molar refractivity (Wildman–Crippen MR) is 105 cm³/mol. The number of aromatic nitrogens is 4. The van der Waals surface area contributed by atoms with Gasteiger partial charge in [0.2, 0.25) is 0 Å². The smallest absolute Gasteiger partial charge is 0.263 e. The minimum atomic E-state index is -0.318. The van der Waals surface area contributed by atoms with E-state index in [-0.39, 0.29) is 17.0 Å². The fraction of sp³-hybridized carbons (Fsp3) is 0.429. The second kappa shape index (κ2) is 6.89. The lowest BCUT2D eigenvalue weighted by Crippen LogP contribution is -2.42. The summed E-state index contributed by atoms with van der Waals surface area (Å²) in [6.45, 7) is 1.32. The third-order valence-electron chi connectivity index (χ3n) is 5.74. The number of H-pyrrole nitrogens is 2. The maximum absolute atomic E-state index is 12.9. The molecule has 0 radical (unpaired) electrons. The Morgan fingerprint density at radius 3 is 2.82 bits per heavy atom. The molecule has 28 heavy (non-hydrogen) atoms. The van der Waals surface area contributed by atoms with Crippen LogP contribution in [-0.4, -0.2) is 43.8 Å². The van der Waals surface area contributed by atoms with Crippen molar-refractivity contribution in [3.63, 3.8) is 0 Å². The summed E-state index contributed by atoms with van der Waals surface area (Å²) in [7, 11) is 0. The molecule has 2 N–H and O–H groups in total. The van der Waals surface area contributed by atoms with E-state index in [1.165, 1.54) is 6.20 Å². The van der Waals surface area contributed by atoms with Gasteiger partial charge in [-0.3, -0.25) is 9.59 Å². The molecule has 3 aromatic rings. The van der Waals surface area contributed by atoms with Crippen molar-refractivity contribution in [3.05, 3.63) is 58.0 Å². The average Bonchev–Trinajstić information content (AvgIpc) is 3.47. The molecule has 2 aromatic heterocycles. The molecule has 1 saturated carbocycles. The van der Waals surface area contributed by atoms with Gasteiger partial charge in [-0.2, -0.15) is 0 Å². The zero-order chi connectivity index (χ0) is 19.1. The molecular formula is C21H23N5O2. The standard InChI is InChI=1S/C21H23N5O2/c27-20-15(11-22-19(25-20)14-7-8-14)21(28)26-9-3-4-13(12-26)10-18-23-16-5-1-2-6-17(16)24-18/h1-2,5-6,11,13-14H,3-4,7-10,12H2,(H,23,24)(H,22,25,27)/t13-/m1/s1. The summed E-state index contributed by atoms with van der Waals surface area (Å²) in [5, 5.41) is 0. The minimum Gasteiger partial charge on any atom is -0.342 e. The summed E-state index contributed by atoms with van der Waals surface area (Å²) in [5.41, 5.74) is 1.83. The number of carbonyl (C=O) groups is 1. The molecule has 5 rings (SSSR count). The van der Waals surface area contributed by atoms with Gasteiger partial charge in [-0.1, -0.05) is 12.1 Å². The van der Waals surface area contributed by atoms with Gasteiger partial charge < -0.3 is 14.9 Å². The number of carbonyl (C=O) groups excluding carboxylic acids is 1. The lowest BCUT2D eigenvalue weighted by atomic mass is 9.94. The molecule has 7 heteroatoms. The Morgan fingerprint density at radius 2 is 2.04 bits per heavy atom. The Labute approximate surface area is 162 Å². The van der Waals surface area contributed by atoms with Crippen molar-refractivity contribution in [1.29, 1.82) is 0 Å². The molecule has 2 aliphatic rings. The summed E-state index contributed by atoms with van der Waals surface area (Å²) < 4.78 is 0. The van der Waals surface area contributed by atoms with Gasteiger partial charge in [0, 0.05) is 31.6 Å². The molecule has 1 aliphatic heterocycles. The van der Waals surface area contributed by atoms with Crippen LogP contribution in [0.15, 0.2) is 35.3 Å². The molecule has 7 nitrogen and oxygen atoms in total. The summed E-state index contributed by atoms with van der Waals surface area (Å²) in [5.74, 6) is 2.14. The van der Waals surface area contributed by atoms with E-state index in [1.54, 1.807) is 4.90 Å². The van der Waals surface area contributed by atoms with Gasteiger partial charge in [0.15, 0.2) is 0 Å². The molecule has 0 spiro atoms. The Hall–Kier alpha value is -2.96. The zero-order valence-corrected chi connectivity index (χ0v) is 15.6. The largest absolute Gasteiger partial charge is 0.342 e. The van der Waals surface area contributed by atoms with E-state index >= 15 is 0 Å². The number of nitrogens with one attached hydrogen (secondary N) is 2. The summed E-state index contributed by atoms with van der Waals surface area (Å²) in [6, 6.07) is 7.99. The van der Waals surface area contributed by atoms with Crippen LogP contribution in [0.2, 0.25) is 0 Å². The van der Waals surface area contributed by atoms with Gasteiger partial charge in [-0.25, -0.2) is 9.97 Å². The Kier molecular flexibility index (Phi) is 4.22. The predicted octanol–water partition coefficient (Wildman–Crippen LogP) is 2.62. The third kappa shape index (κ3) is 3.32. The van der Waals surface area contributed by atoms with Crippen molar-refractivity contribution in [2.24, 2.45) is 5.92 Å². The van der Waals surface area contributed by atoms with Crippen molar-refractivity contribution < 1.29 is 4.79 Å². The first-order valence-electron chi connectivity index (χ1n) is 9.99. The lowest BCUT2D eigenvalue weighted by molar-refractivity contribution is 0.0670. The molecule has 144 valence electrons. The molecule has 3 heterocycles. The first-order valence-corrected chi connectivity index (χ1v) is 9.99. The quantitative estimate of drug-likeness (QED) is 0.731. The number of fused-ring (bicyclic) bond motifs is 1. The zero-order valence-electron chi connectivity index (χ0n) is 15.6. The number of rotatable bonds is 4. The molecule has 1 saturated heterocycles. The molecule has 0 bridgehead atoms. The molecule has 1 atom stereocenters. The fourth-order valence-electron chi connectivity index (χ4n) is 4.09. The van der Waals surface area contributed by atoms with E-state index in [1.807, 2.05) is 24.3 Å². The highest BCUT2D eigenvalue weighted by Crippen LogP contribution is 2.37. The van der Waals surface area contributed by atoms with Crippen LogP contribution in [0.1, 0.15) is 53.6 Å². The van der Waals surface area contributed by atoms with Crippen LogP contribution in [0.5, 0.6) is 0 Å². The van der Waals surface area contributed by atoms with Gasteiger partial charge in [0.05, 0.1) is 11.0 Å². The summed E-state index contributed by atoms with van der Waals surface area (Å²) in [6.07, 6.45) is 6.36. The number of aromatic amines is 2. The second-order valence-electron chi connectivity index (χ2n) is 7.95. The topological polar surface area (TPSA) is 94.7 Å². The molecule has 2 fully saturated rings. The van der Waals surface area contributed by atoms with Crippen molar-refractivity contribution in [2.45, 2.75) is 38.0 Å². The van der Waals surface area contributed by atoms with Crippen LogP contribution in [0.3, 0.4) is 0 Å². The highest BCUT2D eigenvalue weighted by atomic mass is 16.2. The number of piperidine rings is 1. The Bertz CT molecular complexity index is 1050. The van der Waals surface area contributed by atoms with E-state index in [2.05, 4.69) is 19.9 Å². The lowest BCUT2D eigenvalue weighted by Gasteiger charge is -2.32. The highest BCUT2D eigenvalue weighted by Gasteiger charge is 2.29. The van der Waals surface area contributed by atoms with Crippen molar-refractivity contribution in [1.82, 2.24) is 24.8 Å². The average molecular weight is 377 g/mol. The first kappa shape index (κ1) is 17.2. The molecule has 1 aliphatic carbocycles. The molecule has 1 amide bonds. The van der Waals surface area contributed by atoms with Crippen molar-refractivity contribution in [2.75, 3.05) is 13.1 Å².